The maximum atomic E-state index is 12.7. The Morgan fingerprint density at radius 1 is 1.38 bits per heavy atom. The predicted molar refractivity (Wildman–Crippen MR) is 102 cm³/mol. The van der Waals surface area contributed by atoms with Crippen LogP contribution < -0.4 is 9.54 Å². The molecule has 2 heterocycles. The molecule has 7 nitrogen and oxygen atoms in total. The summed E-state index contributed by atoms with van der Waals surface area (Å²) < 4.78 is 33.6. The van der Waals surface area contributed by atoms with Crippen molar-refractivity contribution in [2.75, 3.05) is 19.4 Å². The number of piperidine rings is 1. The van der Waals surface area contributed by atoms with Crippen LogP contribution >= 0.6 is 11.3 Å². The van der Waals surface area contributed by atoms with Gasteiger partial charge < -0.3 is 9.30 Å². The molecular formula is C17H23N3O4S2. The molecule has 1 fully saturated rings. The molecule has 1 unspecified atom stereocenters. The van der Waals surface area contributed by atoms with Gasteiger partial charge in [-0.3, -0.25) is 4.79 Å². The maximum absolute atomic E-state index is 12.7. The van der Waals surface area contributed by atoms with E-state index < -0.39 is 22.0 Å². The zero-order valence-corrected chi connectivity index (χ0v) is 16.8. The number of rotatable bonds is 4. The quantitative estimate of drug-likeness (QED) is 0.789. The number of aryl methyl sites for hydroxylation is 1. The van der Waals surface area contributed by atoms with E-state index in [1.807, 2.05) is 36.7 Å². The van der Waals surface area contributed by atoms with E-state index in [1.54, 1.807) is 0 Å². The second-order valence-electron chi connectivity index (χ2n) is 6.34. The summed E-state index contributed by atoms with van der Waals surface area (Å²) in [4.78, 5) is 17.5. The zero-order valence-electron chi connectivity index (χ0n) is 15.1. The molecule has 1 aromatic heterocycles. The summed E-state index contributed by atoms with van der Waals surface area (Å²) in [6.45, 7) is 2.89. The molecule has 142 valence electrons. The van der Waals surface area contributed by atoms with Crippen molar-refractivity contribution in [2.45, 2.75) is 32.2 Å². The molecule has 0 radical (unpaired) electrons. The topological polar surface area (TPSA) is 81.0 Å². The molecule has 0 aliphatic carbocycles. The number of hydrogen-bond donors (Lipinski definition) is 0. The monoisotopic (exact) mass is 397 g/mol. The predicted octanol–water partition coefficient (Wildman–Crippen LogP) is 1.88. The Bertz CT molecular complexity index is 991. The van der Waals surface area contributed by atoms with Crippen molar-refractivity contribution < 1.29 is 17.9 Å². The van der Waals surface area contributed by atoms with Gasteiger partial charge >= 0.3 is 0 Å². The Labute approximate surface area is 157 Å². The first-order chi connectivity index (χ1) is 12.3. The minimum Gasteiger partial charge on any atom is -0.494 e. The van der Waals surface area contributed by atoms with E-state index in [4.69, 9.17) is 4.74 Å². The molecule has 0 spiro atoms. The van der Waals surface area contributed by atoms with Gasteiger partial charge in [0.25, 0.3) is 5.91 Å². The SMILES string of the molecule is CCOc1ccc2c(c1)sc(=NC(=O)C1CCCCN1S(C)(=O)=O)n2C. The molecule has 3 rings (SSSR count). The fourth-order valence-corrected chi connectivity index (χ4v) is 5.37. The molecule has 1 amide bonds. The Balaban J connectivity index is 1.98. The Hall–Kier alpha value is -1.71. The molecule has 0 bridgehead atoms. The van der Waals surface area contributed by atoms with Crippen molar-refractivity contribution >= 4 is 37.5 Å². The molecule has 1 aliphatic rings. The lowest BCUT2D eigenvalue weighted by Gasteiger charge is -2.31. The van der Waals surface area contributed by atoms with Gasteiger partial charge in [-0.1, -0.05) is 17.8 Å². The molecule has 1 aromatic carbocycles. The highest BCUT2D eigenvalue weighted by molar-refractivity contribution is 7.88. The van der Waals surface area contributed by atoms with Crippen LogP contribution in [0, 0.1) is 0 Å². The number of sulfonamides is 1. The molecule has 1 aliphatic heterocycles. The third-order valence-electron chi connectivity index (χ3n) is 4.46. The van der Waals surface area contributed by atoms with Gasteiger partial charge in [0.05, 0.1) is 23.1 Å². The van der Waals surface area contributed by atoms with Crippen LogP contribution in [0.1, 0.15) is 26.2 Å². The lowest BCUT2D eigenvalue weighted by molar-refractivity contribution is -0.122. The number of carbonyl (C=O) groups is 1. The molecule has 0 saturated carbocycles. The second-order valence-corrected chi connectivity index (χ2v) is 9.29. The zero-order chi connectivity index (χ0) is 18.9. The number of benzene rings is 1. The van der Waals surface area contributed by atoms with Gasteiger partial charge in [0, 0.05) is 13.6 Å². The van der Waals surface area contributed by atoms with Crippen LogP contribution in [0.4, 0.5) is 0 Å². The number of carbonyl (C=O) groups excluding carboxylic acids is 1. The highest BCUT2D eigenvalue weighted by atomic mass is 32.2. The van der Waals surface area contributed by atoms with Crippen LogP contribution in [0.2, 0.25) is 0 Å². The van der Waals surface area contributed by atoms with E-state index in [0.717, 1.165) is 35.1 Å². The van der Waals surface area contributed by atoms with Crippen LogP contribution in [0.3, 0.4) is 0 Å². The van der Waals surface area contributed by atoms with Crippen molar-refractivity contribution in [1.29, 1.82) is 0 Å². The number of thiazole rings is 1. The van der Waals surface area contributed by atoms with E-state index in [9.17, 15) is 13.2 Å². The van der Waals surface area contributed by atoms with Gasteiger partial charge in [-0.05, 0) is 38.0 Å². The summed E-state index contributed by atoms with van der Waals surface area (Å²) in [5, 5.41) is 0. The second kappa shape index (κ2) is 7.50. The molecule has 1 saturated heterocycles. The van der Waals surface area contributed by atoms with Crippen molar-refractivity contribution in [3.63, 3.8) is 0 Å². The van der Waals surface area contributed by atoms with Crippen LogP contribution in [0.25, 0.3) is 10.2 Å². The molecule has 9 heteroatoms. The Morgan fingerprint density at radius 3 is 2.85 bits per heavy atom. The van der Waals surface area contributed by atoms with E-state index in [0.29, 0.717) is 24.4 Å². The Morgan fingerprint density at radius 2 is 2.15 bits per heavy atom. The number of hydrogen-bond acceptors (Lipinski definition) is 5. The largest absolute Gasteiger partial charge is 0.494 e. The normalized spacial score (nSPS) is 19.8. The third-order valence-corrected chi connectivity index (χ3v) is 6.85. The van der Waals surface area contributed by atoms with Gasteiger partial charge in [-0.25, -0.2) is 8.42 Å². The van der Waals surface area contributed by atoms with Crippen LogP contribution in [0.15, 0.2) is 23.2 Å². The standard InChI is InChI=1S/C17H23N3O4S2/c1-4-24-12-8-9-13-15(11-12)25-17(19(13)2)18-16(21)14-7-5-6-10-20(14)26(3,22)23/h8-9,11,14H,4-7,10H2,1-3H3. The van der Waals surface area contributed by atoms with Crippen LogP contribution in [-0.2, 0) is 21.9 Å². The van der Waals surface area contributed by atoms with Gasteiger partial charge in [0.2, 0.25) is 10.0 Å². The minimum atomic E-state index is -3.43. The van der Waals surface area contributed by atoms with E-state index >= 15 is 0 Å². The number of fused-ring (bicyclic) bond motifs is 1. The van der Waals surface area contributed by atoms with Crippen molar-refractivity contribution in [1.82, 2.24) is 8.87 Å². The number of aromatic nitrogens is 1. The van der Waals surface area contributed by atoms with Gasteiger partial charge in [0.1, 0.15) is 11.8 Å². The number of ether oxygens (including phenoxy) is 1. The fraction of sp³-hybridized carbons (Fsp3) is 0.529. The third kappa shape index (κ3) is 3.84. The number of nitrogens with zero attached hydrogens (tertiary/aromatic N) is 3. The van der Waals surface area contributed by atoms with Crippen molar-refractivity contribution in [3.8, 4) is 5.75 Å². The first-order valence-corrected chi connectivity index (χ1v) is 11.3. The summed E-state index contributed by atoms with van der Waals surface area (Å²) in [6.07, 6.45) is 3.26. The number of amides is 1. The summed E-state index contributed by atoms with van der Waals surface area (Å²) in [5.74, 6) is 0.373. The van der Waals surface area contributed by atoms with E-state index in [-0.39, 0.29) is 0 Å². The first kappa shape index (κ1) is 19.1. The molecule has 2 aromatic rings. The van der Waals surface area contributed by atoms with E-state index in [1.165, 1.54) is 15.6 Å². The highest BCUT2D eigenvalue weighted by Gasteiger charge is 2.34. The first-order valence-electron chi connectivity index (χ1n) is 8.59. The summed E-state index contributed by atoms with van der Waals surface area (Å²) >= 11 is 1.39. The average molecular weight is 398 g/mol. The maximum Gasteiger partial charge on any atom is 0.266 e. The van der Waals surface area contributed by atoms with Gasteiger partial charge in [0.15, 0.2) is 4.80 Å². The van der Waals surface area contributed by atoms with Crippen LogP contribution in [-0.4, -0.2) is 48.6 Å². The van der Waals surface area contributed by atoms with E-state index in [2.05, 4.69) is 4.99 Å². The lowest BCUT2D eigenvalue weighted by Crippen LogP contribution is -2.47. The highest BCUT2D eigenvalue weighted by Crippen LogP contribution is 2.24. The molecule has 0 N–H and O–H groups in total. The average Bonchev–Trinajstić information content (AvgIpc) is 2.90. The van der Waals surface area contributed by atoms with Gasteiger partial charge in [-0.15, -0.1) is 0 Å². The fourth-order valence-electron chi connectivity index (χ4n) is 3.19. The van der Waals surface area contributed by atoms with Crippen LogP contribution in [0.5, 0.6) is 5.75 Å². The summed E-state index contributed by atoms with van der Waals surface area (Å²) in [6, 6.07) is 5.04. The Kier molecular flexibility index (Phi) is 5.50. The smallest absolute Gasteiger partial charge is 0.266 e. The summed E-state index contributed by atoms with van der Waals surface area (Å²) in [5.41, 5.74) is 0.952. The molecule has 1 atom stereocenters. The lowest BCUT2D eigenvalue weighted by atomic mass is 10.0. The molecule has 26 heavy (non-hydrogen) atoms. The van der Waals surface area contributed by atoms with Crippen molar-refractivity contribution in [2.24, 2.45) is 12.0 Å². The summed E-state index contributed by atoms with van der Waals surface area (Å²) in [7, 11) is -1.58. The minimum absolute atomic E-state index is 0.376. The molecular weight excluding hydrogens is 374 g/mol. The van der Waals surface area contributed by atoms with Gasteiger partial charge in [-0.2, -0.15) is 9.30 Å². The van der Waals surface area contributed by atoms with Crippen molar-refractivity contribution in [3.05, 3.63) is 23.0 Å².